The predicted molar refractivity (Wildman–Crippen MR) is 175 cm³/mol. The Labute approximate surface area is 312 Å². The van der Waals surface area contributed by atoms with Gasteiger partial charge >= 0.3 is 0 Å². The van der Waals surface area contributed by atoms with Crippen molar-refractivity contribution in [2.24, 2.45) is 30.7 Å². The van der Waals surface area contributed by atoms with Crippen LogP contribution in [0.1, 0.15) is 0 Å². The van der Waals surface area contributed by atoms with E-state index in [4.69, 9.17) is 5.73 Å². The minimum atomic E-state index is -5.03. The monoisotopic (exact) mass is 693 g/mol. The average molecular weight is 694 g/mol. The topological polar surface area (TPSA) is 249 Å². The second-order valence-corrected chi connectivity index (χ2v) is 12.0. The van der Waals surface area contributed by atoms with Crippen molar-refractivity contribution >= 4 is 130 Å². The van der Waals surface area contributed by atoms with Gasteiger partial charge in [-0.15, -0.1) is 10.2 Å². The van der Waals surface area contributed by atoms with E-state index in [9.17, 15) is 36.2 Å². The molecule has 0 amide bonds. The minimum Gasteiger partial charge on any atom is -0.508 e. The smallest absolute Gasteiger partial charge is 0.296 e. The third-order valence-electron chi connectivity index (χ3n) is 6.14. The van der Waals surface area contributed by atoms with Crippen LogP contribution in [0.5, 0.6) is 11.5 Å². The summed E-state index contributed by atoms with van der Waals surface area (Å²) in [5.41, 5.74) is 5.91. The van der Waals surface area contributed by atoms with Crippen LogP contribution < -0.4 is 5.73 Å². The molecule has 0 saturated carbocycles. The summed E-state index contributed by atoms with van der Waals surface area (Å²) in [4.78, 5) is -1.75. The van der Waals surface area contributed by atoms with Crippen LogP contribution in [0, 0.1) is 0 Å². The normalized spacial score (nSPS) is 12.0. The van der Waals surface area contributed by atoms with E-state index < -0.39 is 52.8 Å². The third-order valence-corrected chi connectivity index (χ3v) is 7.87. The van der Waals surface area contributed by atoms with Gasteiger partial charge in [-0.2, -0.15) is 37.3 Å². The minimum absolute atomic E-state index is 0. The van der Waals surface area contributed by atoms with Crippen LogP contribution in [0.3, 0.4) is 0 Å². The van der Waals surface area contributed by atoms with Crippen molar-refractivity contribution in [3.05, 3.63) is 91.0 Å². The predicted octanol–water partition coefficient (Wildman–Crippen LogP) is 6.81. The van der Waals surface area contributed by atoms with Gasteiger partial charge in [-0.1, -0.05) is 18.2 Å². The maximum Gasteiger partial charge on any atom is 0.296 e. The second-order valence-electron chi connectivity index (χ2n) is 9.23. The molecule has 6 N–H and O–H groups in total. The van der Waals surface area contributed by atoms with Crippen molar-refractivity contribution in [2.75, 3.05) is 5.73 Å². The van der Waals surface area contributed by atoms with Crippen LogP contribution in [-0.4, -0.2) is 95.3 Å². The maximum atomic E-state index is 12.3. The first-order chi connectivity index (χ1) is 21.3. The van der Waals surface area contributed by atoms with Gasteiger partial charge < -0.3 is 15.9 Å². The molecule has 0 bridgehead atoms. The fourth-order valence-electron chi connectivity index (χ4n) is 4.04. The molecule has 0 aliphatic rings. The molecule has 19 heteroatoms. The molecule has 47 heavy (non-hydrogen) atoms. The third kappa shape index (κ3) is 9.05. The van der Waals surface area contributed by atoms with E-state index in [1.54, 1.807) is 54.6 Å². The first kappa shape index (κ1) is 37.8. The molecular weight excluding hydrogens is 672 g/mol. The zero-order valence-corrected chi connectivity index (χ0v) is 30.3. The zero-order chi connectivity index (χ0) is 32.4. The number of aromatic hydroxyl groups is 2. The summed E-state index contributed by atoms with van der Waals surface area (Å²) in [5, 5.41) is 43.6. The van der Waals surface area contributed by atoms with Gasteiger partial charge in [0.15, 0.2) is 5.75 Å². The molecular formula is C28H21N7Na2O8S2. The van der Waals surface area contributed by atoms with Crippen molar-refractivity contribution in [3.8, 4) is 11.5 Å². The van der Waals surface area contributed by atoms with Gasteiger partial charge in [0.05, 0.1) is 33.8 Å². The molecule has 2 radical (unpaired) electrons. The Balaban J connectivity index is 0.00000300. The number of azo groups is 3. The number of rotatable bonds is 8. The molecule has 0 saturated heterocycles. The molecule has 0 heterocycles. The summed E-state index contributed by atoms with van der Waals surface area (Å²) in [7, 11) is -10.1. The maximum absolute atomic E-state index is 12.3. The summed E-state index contributed by atoms with van der Waals surface area (Å²) in [5.74, 6) is -0.779. The molecule has 0 unspecified atom stereocenters. The molecule has 0 aliphatic carbocycles. The Morgan fingerprint density at radius 1 is 0.532 bits per heavy atom. The van der Waals surface area contributed by atoms with Crippen LogP contribution in [0.15, 0.2) is 131 Å². The Bertz CT molecular complexity index is 2240. The van der Waals surface area contributed by atoms with Gasteiger partial charge in [0.25, 0.3) is 20.2 Å². The Morgan fingerprint density at radius 2 is 0.915 bits per heavy atom. The van der Waals surface area contributed by atoms with Crippen LogP contribution in [0.25, 0.3) is 10.8 Å². The van der Waals surface area contributed by atoms with E-state index in [0.29, 0.717) is 11.4 Å². The van der Waals surface area contributed by atoms with E-state index in [2.05, 4.69) is 30.7 Å². The summed E-state index contributed by atoms with van der Waals surface area (Å²) < 4.78 is 68.8. The SMILES string of the molecule is Nc1c(N=Nc2ccc(N=Nc3ccc(O)cc3)cc2)c(S(=O)(=O)O)cc2cc(S(=O)(=O)O)c(N=Nc3ccccc3)c(O)c12.[Na].[Na]. The molecule has 15 nitrogen and oxygen atoms in total. The van der Waals surface area contributed by atoms with E-state index in [1.807, 2.05) is 0 Å². The summed E-state index contributed by atoms with van der Waals surface area (Å²) in [6.45, 7) is 0. The van der Waals surface area contributed by atoms with Crippen LogP contribution in [0.4, 0.5) is 39.8 Å². The Hall–Kier alpha value is -3.62. The van der Waals surface area contributed by atoms with Crippen molar-refractivity contribution in [3.63, 3.8) is 0 Å². The van der Waals surface area contributed by atoms with E-state index in [-0.39, 0.29) is 87.0 Å². The number of hydrogen-bond donors (Lipinski definition) is 5. The molecule has 5 aromatic carbocycles. The molecule has 5 rings (SSSR count). The number of hydrogen-bond acceptors (Lipinski definition) is 13. The number of anilines is 1. The Morgan fingerprint density at radius 3 is 1.38 bits per heavy atom. The van der Waals surface area contributed by atoms with E-state index in [1.165, 1.54) is 24.3 Å². The number of nitrogens with two attached hydrogens (primary N) is 1. The molecule has 0 fully saturated rings. The van der Waals surface area contributed by atoms with E-state index >= 15 is 0 Å². The first-order valence-corrected chi connectivity index (χ1v) is 15.5. The van der Waals surface area contributed by atoms with Gasteiger partial charge in [0.1, 0.15) is 26.9 Å². The second kappa shape index (κ2) is 15.5. The quantitative estimate of drug-likeness (QED) is 0.0494. The van der Waals surface area contributed by atoms with Gasteiger partial charge in [-0.25, -0.2) is 0 Å². The standard InChI is InChI=1S/C28H21N7O8S2.2Na/c29-25-24-16(15-23(45(41,42)43)27(28(24)37)35-32-17-4-2-1-3-5-17)14-22(44(38,39)40)26(25)34-33-19-8-6-18(7-9-19)30-31-20-10-12-21(36)13-11-20;;/h1-15,36-37H,29H2,(H,38,39,40)(H,41,42,43);;. The molecule has 0 aliphatic heterocycles. The molecule has 5 aromatic rings. The van der Waals surface area contributed by atoms with Crippen molar-refractivity contribution in [1.82, 2.24) is 0 Å². The zero-order valence-electron chi connectivity index (χ0n) is 24.7. The fourth-order valence-corrected chi connectivity index (χ4v) is 5.36. The van der Waals surface area contributed by atoms with Crippen LogP contribution in [0.2, 0.25) is 0 Å². The summed E-state index contributed by atoms with van der Waals surface area (Å²) >= 11 is 0. The average Bonchev–Trinajstić information content (AvgIpc) is 2.99. The van der Waals surface area contributed by atoms with Gasteiger partial charge in [-0.3, -0.25) is 9.11 Å². The summed E-state index contributed by atoms with van der Waals surface area (Å²) in [6, 6.07) is 21.8. The number of nitrogens with zero attached hydrogens (tertiary/aromatic N) is 6. The molecule has 230 valence electrons. The van der Waals surface area contributed by atoms with Gasteiger partial charge in [-0.05, 0) is 78.2 Å². The number of phenolic OH excluding ortho intramolecular Hbond substituents is 2. The Kier molecular flexibility index (Phi) is 12.5. The number of fused-ring (bicyclic) bond motifs is 1. The number of phenols is 2. The van der Waals surface area contributed by atoms with Crippen LogP contribution in [-0.2, 0) is 20.2 Å². The molecule has 0 spiro atoms. The largest absolute Gasteiger partial charge is 0.508 e. The first-order valence-electron chi connectivity index (χ1n) is 12.6. The van der Waals surface area contributed by atoms with Crippen molar-refractivity contribution in [1.29, 1.82) is 0 Å². The van der Waals surface area contributed by atoms with Gasteiger partial charge in [0.2, 0.25) is 0 Å². The summed E-state index contributed by atoms with van der Waals surface area (Å²) in [6.07, 6.45) is 0. The number of nitrogen functional groups attached to an aromatic ring is 1. The molecule has 0 aromatic heterocycles. The fraction of sp³-hybridized carbons (Fsp3) is 0. The van der Waals surface area contributed by atoms with Crippen molar-refractivity contribution < 1.29 is 36.2 Å². The van der Waals surface area contributed by atoms with Crippen LogP contribution >= 0.6 is 0 Å². The van der Waals surface area contributed by atoms with Gasteiger partial charge in [0, 0.05) is 59.1 Å². The van der Waals surface area contributed by atoms with Crippen molar-refractivity contribution in [2.45, 2.75) is 9.79 Å². The number of benzene rings is 5. The molecule has 0 atom stereocenters. The van der Waals surface area contributed by atoms with E-state index in [0.717, 1.165) is 12.1 Å².